The molecule has 128 valence electrons. The molecule has 0 radical (unpaired) electrons. The molecule has 1 N–H and O–H groups in total. The Hall–Kier alpha value is -2.06. The molecule has 23 heavy (non-hydrogen) atoms. The first-order valence-electron chi connectivity index (χ1n) is 7.15. The average Bonchev–Trinajstić information content (AvgIpc) is 3.01. The number of aromatic nitrogens is 2. The van der Waals surface area contributed by atoms with Crippen LogP contribution in [0.5, 0.6) is 0 Å². The van der Waals surface area contributed by atoms with Crippen LogP contribution in [0.15, 0.2) is 6.20 Å². The second-order valence-electron chi connectivity index (χ2n) is 6.29. The van der Waals surface area contributed by atoms with Crippen LogP contribution in [0.2, 0.25) is 0 Å². The molecule has 1 aromatic rings. The lowest BCUT2D eigenvalue weighted by Gasteiger charge is -2.21. The fraction of sp³-hybridized carbons (Fsp3) is 0.643. The predicted molar refractivity (Wildman–Crippen MR) is 73.9 cm³/mol. The van der Waals surface area contributed by atoms with Crippen molar-refractivity contribution in [2.45, 2.75) is 39.4 Å². The van der Waals surface area contributed by atoms with Crippen molar-refractivity contribution in [1.29, 1.82) is 0 Å². The van der Waals surface area contributed by atoms with Gasteiger partial charge in [-0.2, -0.15) is 18.3 Å². The molecule has 2 heterocycles. The van der Waals surface area contributed by atoms with Gasteiger partial charge in [0, 0.05) is 19.1 Å². The van der Waals surface area contributed by atoms with Gasteiger partial charge in [0.05, 0.1) is 17.2 Å². The van der Waals surface area contributed by atoms with E-state index in [4.69, 9.17) is 5.11 Å². The highest BCUT2D eigenvalue weighted by Gasteiger charge is 2.46. The van der Waals surface area contributed by atoms with Gasteiger partial charge >= 0.3 is 12.1 Å². The van der Waals surface area contributed by atoms with E-state index in [0.717, 1.165) is 15.8 Å². The summed E-state index contributed by atoms with van der Waals surface area (Å²) in [6.45, 7) is 4.53. The zero-order valence-electron chi connectivity index (χ0n) is 13.0. The smallest absolute Gasteiger partial charge is 0.433 e. The summed E-state index contributed by atoms with van der Waals surface area (Å²) >= 11 is 0. The lowest BCUT2D eigenvalue weighted by molar-refractivity contribution is -0.147. The van der Waals surface area contributed by atoms with Crippen LogP contribution in [0.1, 0.15) is 49.3 Å². The lowest BCUT2D eigenvalue weighted by atomic mass is 9.90. The minimum absolute atomic E-state index is 0.103. The number of halogens is 3. The fourth-order valence-electron chi connectivity index (χ4n) is 2.67. The van der Waals surface area contributed by atoms with E-state index in [1.54, 1.807) is 0 Å². The van der Waals surface area contributed by atoms with E-state index in [1.165, 1.54) is 20.8 Å². The zero-order valence-corrected chi connectivity index (χ0v) is 13.0. The molecule has 9 heteroatoms. The molecule has 1 aromatic heterocycles. The average molecular weight is 333 g/mol. The highest BCUT2D eigenvalue weighted by atomic mass is 19.4. The molecule has 0 saturated carbocycles. The highest BCUT2D eigenvalue weighted by molar-refractivity contribution is 5.96. The first-order valence-corrected chi connectivity index (χ1v) is 7.15. The Bertz CT molecular complexity index is 639. The van der Waals surface area contributed by atoms with Gasteiger partial charge in [-0.1, -0.05) is 0 Å². The fourth-order valence-corrected chi connectivity index (χ4v) is 2.67. The van der Waals surface area contributed by atoms with Crippen molar-refractivity contribution in [2.24, 2.45) is 5.41 Å². The summed E-state index contributed by atoms with van der Waals surface area (Å²) in [5.41, 5.74) is -2.77. The van der Waals surface area contributed by atoms with E-state index in [1.807, 2.05) is 0 Å². The molecule has 1 fully saturated rings. The number of nitrogens with zero attached hydrogens (tertiary/aromatic N) is 3. The maximum Gasteiger partial charge on any atom is 0.433 e. The van der Waals surface area contributed by atoms with Gasteiger partial charge in [-0.3, -0.25) is 14.3 Å². The minimum atomic E-state index is -4.72. The van der Waals surface area contributed by atoms with Crippen LogP contribution in [-0.4, -0.2) is 44.8 Å². The molecule has 2 rings (SSSR count). The van der Waals surface area contributed by atoms with E-state index >= 15 is 0 Å². The lowest BCUT2D eigenvalue weighted by Crippen LogP contribution is -2.35. The number of aliphatic carboxylic acids is 1. The maximum atomic E-state index is 13.3. The van der Waals surface area contributed by atoms with Crippen LogP contribution >= 0.6 is 0 Å². The standard InChI is InChI=1S/C14H18F3N3O3/c1-8(2)20-10(14(15,16)17)9(6-18-20)11(21)19-5-4-13(3,7-19)12(22)23/h6,8H,4-5,7H2,1-3H3,(H,22,23)/t13-/m0/s1. The quantitative estimate of drug-likeness (QED) is 0.922. The molecule has 1 atom stereocenters. The van der Waals surface area contributed by atoms with Crippen molar-refractivity contribution >= 4 is 11.9 Å². The van der Waals surface area contributed by atoms with E-state index < -0.39 is 40.8 Å². The first kappa shape index (κ1) is 17.3. The zero-order chi connectivity index (χ0) is 17.6. The summed E-state index contributed by atoms with van der Waals surface area (Å²) in [5, 5.41) is 12.8. The van der Waals surface area contributed by atoms with E-state index in [0.29, 0.717) is 0 Å². The monoisotopic (exact) mass is 333 g/mol. The van der Waals surface area contributed by atoms with Crippen LogP contribution in [0.25, 0.3) is 0 Å². The van der Waals surface area contributed by atoms with Gasteiger partial charge < -0.3 is 10.0 Å². The number of amides is 1. The number of carboxylic acids is 1. The van der Waals surface area contributed by atoms with Crippen LogP contribution in [0.3, 0.4) is 0 Å². The Morgan fingerprint density at radius 2 is 2.00 bits per heavy atom. The van der Waals surface area contributed by atoms with Crippen molar-refractivity contribution in [1.82, 2.24) is 14.7 Å². The van der Waals surface area contributed by atoms with Gasteiger partial charge in [0.1, 0.15) is 0 Å². The van der Waals surface area contributed by atoms with Gasteiger partial charge in [0.15, 0.2) is 5.69 Å². The number of hydrogen-bond donors (Lipinski definition) is 1. The topological polar surface area (TPSA) is 75.4 Å². The van der Waals surface area contributed by atoms with Gasteiger partial charge in [-0.15, -0.1) is 0 Å². The number of carbonyl (C=O) groups is 2. The largest absolute Gasteiger partial charge is 0.481 e. The predicted octanol–water partition coefficient (Wildman–Crippen LogP) is 2.42. The first-order chi connectivity index (χ1) is 10.5. The van der Waals surface area contributed by atoms with Crippen LogP contribution < -0.4 is 0 Å². The summed E-state index contributed by atoms with van der Waals surface area (Å²) in [6.07, 6.45) is -3.61. The Balaban J connectivity index is 2.37. The number of hydrogen-bond acceptors (Lipinski definition) is 3. The molecule has 0 unspecified atom stereocenters. The summed E-state index contributed by atoms with van der Waals surface area (Å²) in [7, 11) is 0. The Kier molecular flexibility index (Phi) is 4.16. The molecule has 6 nitrogen and oxygen atoms in total. The summed E-state index contributed by atoms with van der Waals surface area (Å²) in [5.74, 6) is -1.91. The van der Waals surface area contributed by atoms with E-state index in [-0.39, 0.29) is 19.5 Å². The summed E-state index contributed by atoms with van der Waals surface area (Å²) in [4.78, 5) is 24.8. The third kappa shape index (κ3) is 3.04. The van der Waals surface area contributed by atoms with Crippen molar-refractivity contribution in [3.8, 4) is 0 Å². The second kappa shape index (κ2) is 5.54. The van der Waals surface area contributed by atoms with Crippen LogP contribution in [0.4, 0.5) is 13.2 Å². The van der Waals surface area contributed by atoms with Crippen molar-refractivity contribution in [3.05, 3.63) is 17.5 Å². The molecule has 0 spiro atoms. The molecular formula is C14H18F3N3O3. The summed E-state index contributed by atoms with van der Waals surface area (Å²) in [6, 6.07) is -0.559. The van der Waals surface area contributed by atoms with Gasteiger partial charge in [-0.25, -0.2) is 0 Å². The third-order valence-electron chi connectivity index (χ3n) is 4.06. The highest BCUT2D eigenvalue weighted by Crippen LogP contribution is 2.36. The third-order valence-corrected chi connectivity index (χ3v) is 4.06. The Labute approximate surface area is 130 Å². The molecule has 1 saturated heterocycles. The van der Waals surface area contributed by atoms with Crippen LogP contribution in [-0.2, 0) is 11.0 Å². The molecule has 0 aliphatic carbocycles. The second-order valence-corrected chi connectivity index (χ2v) is 6.29. The number of likely N-dealkylation sites (tertiary alicyclic amines) is 1. The van der Waals surface area contributed by atoms with Gasteiger partial charge in [0.25, 0.3) is 5.91 Å². The molecule has 1 amide bonds. The Morgan fingerprint density at radius 3 is 2.43 bits per heavy atom. The SMILES string of the molecule is CC(C)n1ncc(C(=O)N2CC[C@](C)(C(=O)O)C2)c1C(F)(F)F. The van der Waals surface area contributed by atoms with Gasteiger partial charge in [0.2, 0.25) is 0 Å². The number of carboxylic acid groups (broad SMARTS) is 1. The summed E-state index contributed by atoms with van der Waals surface area (Å²) < 4.78 is 40.7. The van der Waals surface area contributed by atoms with Crippen molar-refractivity contribution < 1.29 is 27.9 Å². The molecule has 0 aromatic carbocycles. The molecular weight excluding hydrogens is 315 g/mol. The van der Waals surface area contributed by atoms with Crippen molar-refractivity contribution in [3.63, 3.8) is 0 Å². The van der Waals surface area contributed by atoms with Crippen molar-refractivity contribution in [2.75, 3.05) is 13.1 Å². The molecule has 1 aliphatic heterocycles. The Morgan fingerprint density at radius 1 is 1.39 bits per heavy atom. The van der Waals surface area contributed by atoms with Crippen LogP contribution in [0, 0.1) is 5.41 Å². The van der Waals surface area contributed by atoms with E-state index in [9.17, 15) is 22.8 Å². The number of alkyl halides is 3. The maximum absolute atomic E-state index is 13.3. The van der Waals surface area contributed by atoms with E-state index in [2.05, 4.69) is 5.10 Å². The molecule has 1 aliphatic rings. The number of carbonyl (C=O) groups excluding carboxylic acids is 1. The minimum Gasteiger partial charge on any atom is -0.481 e. The normalized spacial score (nSPS) is 22.0. The van der Waals surface area contributed by atoms with Gasteiger partial charge in [-0.05, 0) is 27.2 Å². The number of rotatable bonds is 3. The molecule has 0 bridgehead atoms.